The Hall–Kier alpha value is -2.48. The summed E-state index contributed by atoms with van der Waals surface area (Å²) in [5.74, 6) is 0.153. The van der Waals surface area contributed by atoms with Gasteiger partial charge in [0, 0.05) is 17.4 Å². The smallest absolute Gasteiger partial charge is 0.241 e. The Morgan fingerprint density at radius 2 is 1.80 bits per heavy atom. The highest BCUT2D eigenvalue weighted by Gasteiger charge is 2.21. The molecule has 0 saturated heterocycles. The first-order chi connectivity index (χ1) is 11.9. The standard InChI is InChI=1S/C17H15ClN4O2S/c18-13-6-3-5-12(11-13)16(14-7-1-2-9-20-14)22-17-15(25(19,23)24)8-4-10-21-17/h1-11,16H,(H,21,22)(H2,19,23,24). The molecule has 0 spiro atoms. The number of hydrogen-bond acceptors (Lipinski definition) is 5. The van der Waals surface area contributed by atoms with Crippen LogP contribution in [0, 0.1) is 0 Å². The van der Waals surface area contributed by atoms with Crippen LogP contribution < -0.4 is 10.5 Å². The number of nitrogens with zero attached hydrogens (tertiary/aromatic N) is 2. The Labute approximate surface area is 150 Å². The van der Waals surface area contributed by atoms with Gasteiger partial charge in [0.1, 0.15) is 10.7 Å². The fourth-order valence-electron chi connectivity index (χ4n) is 2.43. The minimum Gasteiger partial charge on any atom is -0.356 e. The van der Waals surface area contributed by atoms with Gasteiger partial charge in [-0.2, -0.15) is 0 Å². The molecule has 0 aliphatic carbocycles. The third-order valence-electron chi connectivity index (χ3n) is 3.52. The first-order valence-electron chi connectivity index (χ1n) is 7.36. The predicted octanol–water partition coefficient (Wildman–Crippen LogP) is 2.98. The SMILES string of the molecule is NS(=O)(=O)c1cccnc1NC(c1cccc(Cl)c1)c1ccccn1. The number of anilines is 1. The summed E-state index contributed by atoms with van der Waals surface area (Å²) in [6.07, 6.45) is 3.15. The van der Waals surface area contributed by atoms with Gasteiger partial charge in [0.25, 0.3) is 0 Å². The summed E-state index contributed by atoms with van der Waals surface area (Å²) >= 11 is 6.10. The van der Waals surface area contributed by atoms with E-state index >= 15 is 0 Å². The Morgan fingerprint density at radius 3 is 2.48 bits per heavy atom. The molecule has 2 aromatic heterocycles. The van der Waals surface area contributed by atoms with Crippen molar-refractivity contribution in [3.63, 3.8) is 0 Å². The third-order valence-corrected chi connectivity index (χ3v) is 4.70. The van der Waals surface area contributed by atoms with Crippen LogP contribution in [0.1, 0.15) is 17.3 Å². The number of rotatable bonds is 5. The van der Waals surface area contributed by atoms with E-state index in [0.29, 0.717) is 10.7 Å². The lowest BCUT2D eigenvalue weighted by molar-refractivity contribution is 0.597. The molecule has 25 heavy (non-hydrogen) atoms. The molecule has 0 amide bonds. The van der Waals surface area contributed by atoms with Gasteiger partial charge in [-0.05, 0) is 42.0 Å². The maximum absolute atomic E-state index is 11.8. The summed E-state index contributed by atoms with van der Waals surface area (Å²) in [5, 5.41) is 8.98. The summed E-state index contributed by atoms with van der Waals surface area (Å²) < 4.78 is 23.6. The highest BCUT2D eigenvalue weighted by molar-refractivity contribution is 7.89. The molecule has 3 aromatic rings. The number of nitrogens with two attached hydrogens (primary N) is 1. The first-order valence-corrected chi connectivity index (χ1v) is 9.28. The van der Waals surface area contributed by atoms with Crippen LogP contribution >= 0.6 is 11.6 Å². The van der Waals surface area contributed by atoms with Gasteiger partial charge in [-0.15, -0.1) is 0 Å². The van der Waals surface area contributed by atoms with E-state index in [1.54, 1.807) is 24.4 Å². The highest BCUT2D eigenvalue weighted by atomic mass is 35.5. The number of nitrogens with one attached hydrogen (secondary N) is 1. The molecule has 0 aliphatic rings. The Kier molecular flexibility index (Phi) is 4.98. The first kappa shape index (κ1) is 17.3. The molecule has 0 bridgehead atoms. The van der Waals surface area contributed by atoms with E-state index in [4.69, 9.17) is 16.7 Å². The number of pyridine rings is 2. The Bertz CT molecular complexity index is 981. The Morgan fingerprint density at radius 1 is 1.00 bits per heavy atom. The second-order valence-corrected chi connectivity index (χ2v) is 7.25. The van der Waals surface area contributed by atoms with Crippen LogP contribution in [0.5, 0.6) is 0 Å². The van der Waals surface area contributed by atoms with Gasteiger partial charge in [-0.25, -0.2) is 18.5 Å². The minimum absolute atomic E-state index is 0.0852. The maximum Gasteiger partial charge on any atom is 0.241 e. The second-order valence-electron chi connectivity index (χ2n) is 5.28. The van der Waals surface area contributed by atoms with Crippen molar-refractivity contribution in [2.75, 3.05) is 5.32 Å². The molecule has 0 aliphatic heterocycles. The quantitative estimate of drug-likeness (QED) is 0.715. The van der Waals surface area contributed by atoms with Gasteiger partial charge >= 0.3 is 0 Å². The lowest BCUT2D eigenvalue weighted by Crippen LogP contribution is -2.19. The predicted molar refractivity (Wildman–Crippen MR) is 96.8 cm³/mol. The number of benzene rings is 1. The number of hydrogen-bond donors (Lipinski definition) is 2. The third kappa shape index (κ3) is 4.14. The molecule has 128 valence electrons. The van der Waals surface area contributed by atoms with E-state index in [1.165, 1.54) is 18.3 Å². The number of halogens is 1. The summed E-state index contributed by atoms with van der Waals surface area (Å²) in [5.41, 5.74) is 1.51. The van der Waals surface area contributed by atoms with Crippen LogP contribution in [0.2, 0.25) is 5.02 Å². The van der Waals surface area contributed by atoms with E-state index < -0.39 is 16.1 Å². The van der Waals surface area contributed by atoms with Gasteiger partial charge in [0.15, 0.2) is 0 Å². The van der Waals surface area contributed by atoms with Crippen molar-refractivity contribution in [2.45, 2.75) is 10.9 Å². The molecule has 2 heterocycles. The summed E-state index contributed by atoms with van der Waals surface area (Å²) in [7, 11) is -3.92. The fraction of sp³-hybridized carbons (Fsp3) is 0.0588. The zero-order valence-corrected chi connectivity index (χ0v) is 14.6. The van der Waals surface area contributed by atoms with E-state index in [9.17, 15) is 8.42 Å². The van der Waals surface area contributed by atoms with Crippen molar-refractivity contribution in [2.24, 2.45) is 5.14 Å². The summed E-state index contributed by atoms with van der Waals surface area (Å²) in [4.78, 5) is 8.40. The van der Waals surface area contributed by atoms with Crippen LogP contribution in [-0.4, -0.2) is 18.4 Å². The van der Waals surface area contributed by atoms with Crippen molar-refractivity contribution < 1.29 is 8.42 Å². The Balaban J connectivity index is 2.09. The molecule has 1 unspecified atom stereocenters. The van der Waals surface area contributed by atoms with Crippen molar-refractivity contribution in [3.8, 4) is 0 Å². The molecule has 1 aromatic carbocycles. The maximum atomic E-state index is 11.8. The molecule has 8 heteroatoms. The van der Waals surface area contributed by atoms with E-state index in [-0.39, 0.29) is 10.7 Å². The molecule has 0 saturated carbocycles. The van der Waals surface area contributed by atoms with Crippen molar-refractivity contribution >= 4 is 27.4 Å². The molecule has 0 fully saturated rings. The van der Waals surface area contributed by atoms with E-state index in [2.05, 4.69) is 15.3 Å². The van der Waals surface area contributed by atoms with Crippen molar-refractivity contribution in [3.05, 3.63) is 83.3 Å². The van der Waals surface area contributed by atoms with Gasteiger partial charge in [-0.1, -0.05) is 29.8 Å². The monoisotopic (exact) mass is 374 g/mol. The van der Waals surface area contributed by atoms with Crippen molar-refractivity contribution in [1.82, 2.24) is 9.97 Å². The van der Waals surface area contributed by atoms with E-state index in [1.807, 2.05) is 24.3 Å². The second kappa shape index (κ2) is 7.18. The summed E-state index contributed by atoms with van der Waals surface area (Å²) in [6.45, 7) is 0. The minimum atomic E-state index is -3.92. The lowest BCUT2D eigenvalue weighted by atomic mass is 10.0. The van der Waals surface area contributed by atoms with Gasteiger partial charge in [-0.3, -0.25) is 4.98 Å². The fourth-order valence-corrected chi connectivity index (χ4v) is 3.27. The summed E-state index contributed by atoms with van der Waals surface area (Å²) in [6, 6.07) is 15.2. The highest BCUT2D eigenvalue weighted by Crippen LogP contribution is 2.28. The topological polar surface area (TPSA) is 98.0 Å². The molecule has 6 nitrogen and oxygen atoms in total. The number of sulfonamides is 1. The molecular formula is C17H15ClN4O2S. The van der Waals surface area contributed by atoms with Crippen LogP contribution in [0.3, 0.4) is 0 Å². The van der Waals surface area contributed by atoms with Crippen LogP contribution in [-0.2, 0) is 10.0 Å². The van der Waals surface area contributed by atoms with E-state index in [0.717, 1.165) is 5.56 Å². The number of aromatic nitrogens is 2. The van der Waals surface area contributed by atoms with Gasteiger partial charge in [0.05, 0.1) is 11.7 Å². The normalized spacial score (nSPS) is 12.6. The number of primary sulfonamides is 1. The zero-order valence-electron chi connectivity index (χ0n) is 13.0. The molecular weight excluding hydrogens is 360 g/mol. The van der Waals surface area contributed by atoms with Crippen molar-refractivity contribution in [1.29, 1.82) is 0 Å². The molecule has 3 N–H and O–H groups in total. The van der Waals surface area contributed by atoms with Gasteiger partial charge in [0.2, 0.25) is 10.0 Å². The molecule has 1 atom stereocenters. The van der Waals surface area contributed by atoms with Crippen LogP contribution in [0.4, 0.5) is 5.82 Å². The lowest BCUT2D eigenvalue weighted by Gasteiger charge is -2.20. The average molecular weight is 375 g/mol. The zero-order chi connectivity index (χ0) is 17.9. The van der Waals surface area contributed by atoms with Gasteiger partial charge < -0.3 is 5.32 Å². The average Bonchev–Trinajstić information content (AvgIpc) is 2.60. The van der Waals surface area contributed by atoms with Crippen LogP contribution in [0.25, 0.3) is 0 Å². The largest absolute Gasteiger partial charge is 0.356 e. The van der Waals surface area contributed by atoms with Crippen LogP contribution in [0.15, 0.2) is 71.9 Å². The molecule has 0 radical (unpaired) electrons. The molecule has 3 rings (SSSR count).